The first-order chi connectivity index (χ1) is 15.0. The van der Waals surface area contributed by atoms with Crippen molar-refractivity contribution in [2.24, 2.45) is 0 Å². The number of carbonyl (C=O) groups excluding carboxylic acids is 2. The van der Waals surface area contributed by atoms with Gasteiger partial charge in [-0.1, -0.05) is 54.1 Å². The van der Waals surface area contributed by atoms with Gasteiger partial charge in [0.2, 0.25) is 0 Å². The Morgan fingerprint density at radius 2 is 1.71 bits per heavy atom. The zero-order chi connectivity index (χ0) is 22.0. The molecule has 6 nitrogen and oxygen atoms in total. The third-order valence-electron chi connectivity index (χ3n) is 5.77. The Morgan fingerprint density at radius 1 is 1.03 bits per heavy atom. The number of carbonyl (C=O) groups is 2. The van der Waals surface area contributed by atoms with E-state index in [-0.39, 0.29) is 17.2 Å². The fourth-order valence-electron chi connectivity index (χ4n) is 4.25. The summed E-state index contributed by atoms with van der Waals surface area (Å²) in [6.07, 6.45) is 3.56. The van der Waals surface area contributed by atoms with Gasteiger partial charge in [-0.15, -0.1) is 0 Å². The van der Waals surface area contributed by atoms with E-state index in [2.05, 4.69) is 17.4 Å². The number of hydrogen-bond acceptors (Lipinski definition) is 6. The lowest BCUT2D eigenvalue weighted by atomic mass is 9.79. The van der Waals surface area contributed by atoms with Crippen LogP contribution in [-0.4, -0.2) is 43.9 Å². The largest absolute Gasteiger partial charge is 0.466 e. The van der Waals surface area contributed by atoms with E-state index in [9.17, 15) is 9.59 Å². The molecule has 3 unspecified atom stereocenters. The number of rotatable bonds is 7. The molecule has 2 aromatic carbocycles. The molecule has 0 amide bonds. The topological polar surface area (TPSA) is 73.9 Å². The molecule has 31 heavy (non-hydrogen) atoms. The number of ether oxygens (including phenoxy) is 3. The Labute approximate surface area is 181 Å². The van der Waals surface area contributed by atoms with Gasteiger partial charge < -0.3 is 19.5 Å². The second kappa shape index (κ2) is 8.40. The predicted molar refractivity (Wildman–Crippen MR) is 117 cm³/mol. The molecular weight excluding hydrogens is 394 g/mol. The molecule has 160 valence electrons. The van der Waals surface area contributed by atoms with E-state index in [1.807, 2.05) is 55.5 Å². The molecule has 0 radical (unpaired) electrons. The number of hydrogen-bond donors (Lipinski definition) is 1. The zero-order valence-electron chi connectivity index (χ0n) is 17.8. The Kier molecular flexibility index (Phi) is 5.65. The first-order valence-corrected chi connectivity index (χ1v) is 10.1. The average Bonchev–Trinajstić information content (AvgIpc) is 3.38. The molecule has 0 saturated carbocycles. The van der Waals surface area contributed by atoms with Crippen molar-refractivity contribution in [2.45, 2.75) is 31.1 Å². The SMILES string of the molecule is COC(=O)C1=C(C(=O)OC)C2(C(Cc3ccc(C)cc3)Nc3ccccc3)C=CC1O2. The highest BCUT2D eigenvalue weighted by Crippen LogP contribution is 2.47. The van der Waals surface area contributed by atoms with Crippen LogP contribution in [-0.2, 0) is 30.2 Å². The molecule has 0 aliphatic carbocycles. The number of anilines is 1. The third kappa shape index (κ3) is 3.75. The number of nitrogens with one attached hydrogen (secondary N) is 1. The summed E-state index contributed by atoms with van der Waals surface area (Å²) in [6, 6.07) is 17.5. The Bertz CT molecular complexity index is 1040. The lowest BCUT2D eigenvalue weighted by Crippen LogP contribution is -2.49. The van der Waals surface area contributed by atoms with Crippen LogP contribution >= 0.6 is 0 Å². The summed E-state index contributed by atoms with van der Waals surface area (Å²) in [5.74, 6) is -1.19. The van der Waals surface area contributed by atoms with Crippen LogP contribution in [0.2, 0.25) is 0 Å². The number of methoxy groups -OCH3 is 2. The summed E-state index contributed by atoms with van der Waals surface area (Å²) >= 11 is 0. The minimum atomic E-state index is -1.16. The molecule has 0 saturated heterocycles. The standard InChI is InChI=1S/C25H25NO5/c1-16-9-11-17(12-10-16)15-20(26-18-7-5-4-6-8-18)25-14-13-19(31-25)21(23(27)29-2)22(25)24(28)30-3/h4-14,19-20,26H,15H2,1-3H3. The van der Waals surface area contributed by atoms with Crippen molar-refractivity contribution in [3.63, 3.8) is 0 Å². The fourth-order valence-corrected chi connectivity index (χ4v) is 4.25. The van der Waals surface area contributed by atoms with E-state index in [1.165, 1.54) is 14.2 Å². The number of benzene rings is 2. The van der Waals surface area contributed by atoms with Crippen molar-refractivity contribution in [3.05, 3.63) is 89.0 Å². The second-order valence-electron chi connectivity index (χ2n) is 7.72. The molecule has 4 rings (SSSR count). The summed E-state index contributed by atoms with van der Waals surface area (Å²) in [5.41, 5.74) is 2.34. The lowest BCUT2D eigenvalue weighted by Gasteiger charge is -2.36. The van der Waals surface area contributed by atoms with Crippen LogP contribution in [0, 0.1) is 6.92 Å². The Morgan fingerprint density at radius 3 is 2.35 bits per heavy atom. The molecule has 0 spiro atoms. The highest BCUT2D eigenvalue weighted by atomic mass is 16.6. The van der Waals surface area contributed by atoms with Crippen molar-refractivity contribution < 1.29 is 23.8 Å². The van der Waals surface area contributed by atoms with E-state index in [4.69, 9.17) is 14.2 Å². The molecule has 2 aliphatic rings. The van der Waals surface area contributed by atoms with Crippen LogP contribution in [0.3, 0.4) is 0 Å². The smallest absolute Gasteiger partial charge is 0.337 e. The van der Waals surface area contributed by atoms with Gasteiger partial charge in [-0.3, -0.25) is 0 Å². The van der Waals surface area contributed by atoms with Gasteiger partial charge in [0.1, 0.15) is 11.7 Å². The van der Waals surface area contributed by atoms with Gasteiger partial charge in [0.25, 0.3) is 0 Å². The van der Waals surface area contributed by atoms with Gasteiger partial charge in [0.15, 0.2) is 0 Å². The second-order valence-corrected chi connectivity index (χ2v) is 7.72. The molecule has 6 heteroatoms. The van der Waals surface area contributed by atoms with E-state index in [1.54, 1.807) is 6.08 Å². The maximum Gasteiger partial charge on any atom is 0.337 e. The number of para-hydroxylation sites is 1. The lowest BCUT2D eigenvalue weighted by molar-refractivity contribution is -0.139. The first-order valence-electron chi connectivity index (χ1n) is 10.1. The molecule has 3 atom stereocenters. The van der Waals surface area contributed by atoms with Crippen molar-refractivity contribution in [2.75, 3.05) is 19.5 Å². The predicted octanol–water partition coefficient (Wildman–Crippen LogP) is 3.37. The maximum absolute atomic E-state index is 12.9. The monoisotopic (exact) mass is 419 g/mol. The summed E-state index contributed by atoms with van der Waals surface area (Å²) in [7, 11) is 2.59. The summed E-state index contributed by atoms with van der Waals surface area (Å²) < 4.78 is 16.3. The van der Waals surface area contributed by atoms with Crippen LogP contribution in [0.15, 0.2) is 77.9 Å². The van der Waals surface area contributed by atoms with Crippen LogP contribution in [0.5, 0.6) is 0 Å². The fraction of sp³-hybridized carbons (Fsp3) is 0.280. The molecule has 2 heterocycles. The maximum atomic E-state index is 12.9. The van der Waals surface area contributed by atoms with Crippen LogP contribution in [0.4, 0.5) is 5.69 Å². The van der Waals surface area contributed by atoms with Crippen molar-refractivity contribution in [3.8, 4) is 0 Å². The van der Waals surface area contributed by atoms with Crippen LogP contribution in [0.1, 0.15) is 11.1 Å². The Hall–Kier alpha value is -3.38. The first kappa shape index (κ1) is 20.9. The number of fused-ring (bicyclic) bond motifs is 2. The van der Waals surface area contributed by atoms with Crippen molar-refractivity contribution >= 4 is 17.6 Å². The van der Waals surface area contributed by atoms with Gasteiger partial charge in [-0.25, -0.2) is 9.59 Å². The number of esters is 2. The highest BCUT2D eigenvalue weighted by molar-refractivity contribution is 6.05. The molecule has 2 bridgehead atoms. The Balaban J connectivity index is 1.81. The highest BCUT2D eigenvalue weighted by Gasteiger charge is 2.58. The van der Waals surface area contributed by atoms with Gasteiger partial charge >= 0.3 is 11.9 Å². The molecule has 0 fully saturated rings. The van der Waals surface area contributed by atoms with E-state index >= 15 is 0 Å². The van der Waals surface area contributed by atoms with Crippen LogP contribution < -0.4 is 5.32 Å². The van der Waals surface area contributed by atoms with Gasteiger partial charge in [-0.05, 0) is 37.1 Å². The van der Waals surface area contributed by atoms with Gasteiger partial charge in [0, 0.05) is 5.69 Å². The van der Waals surface area contributed by atoms with E-state index in [0.29, 0.717) is 6.42 Å². The van der Waals surface area contributed by atoms with Gasteiger partial charge in [-0.2, -0.15) is 0 Å². The molecule has 2 aromatic rings. The molecule has 1 N–H and O–H groups in total. The molecule has 0 aromatic heterocycles. The van der Waals surface area contributed by atoms with Gasteiger partial charge in [0.05, 0.1) is 31.4 Å². The minimum Gasteiger partial charge on any atom is -0.466 e. The van der Waals surface area contributed by atoms with E-state index in [0.717, 1.165) is 16.8 Å². The number of aryl methyl sites for hydroxylation is 1. The summed E-state index contributed by atoms with van der Waals surface area (Å²) in [5, 5.41) is 3.52. The quantitative estimate of drug-likeness (QED) is 0.548. The van der Waals surface area contributed by atoms with E-state index < -0.39 is 23.6 Å². The van der Waals surface area contributed by atoms with Crippen molar-refractivity contribution in [1.29, 1.82) is 0 Å². The van der Waals surface area contributed by atoms with Crippen LogP contribution in [0.25, 0.3) is 0 Å². The zero-order valence-corrected chi connectivity index (χ0v) is 17.8. The average molecular weight is 419 g/mol. The third-order valence-corrected chi connectivity index (χ3v) is 5.77. The molecular formula is C25H25NO5. The van der Waals surface area contributed by atoms with Crippen molar-refractivity contribution in [1.82, 2.24) is 0 Å². The molecule has 2 aliphatic heterocycles. The minimum absolute atomic E-state index is 0.190. The summed E-state index contributed by atoms with van der Waals surface area (Å²) in [6.45, 7) is 2.04. The normalized spacial score (nSPS) is 22.4. The summed E-state index contributed by atoms with van der Waals surface area (Å²) in [4.78, 5) is 25.4.